The first-order valence-electron chi connectivity index (χ1n) is 5.83. The number of hydrogen-bond acceptors (Lipinski definition) is 5. The van der Waals surface area contributed by atoms with E-state index >= 15 is 0 Å². The number of aromatic nitrogens is 2. The van der Waals surface area contributed by atoms with E-state index in [4.69, 9.17) is 0 Å². The predicted molar refractivity (Wildman–Crippen MR) is 71.9 cm³/mol. The summed E-state index contributed by atoms with van der Waals surface area (Å²) < 4.78 is 0. The maximum atomic E-state index is 10.7. The minimum atomic E-state index is -0.436. The number of rotatable bonds is 4. The normalized spacial score (nSPS) is 10.2. The second-order valence-electron chi connectivity index (χ2n) is 4.24. The zero-order valence-corrected chi connectivity index (χ0v) is 10.8. The fourth-order valence-electron chi connectivity index (χ4n) is 1.72. The van der Waals surface area contributed by atoms with Gasteiger partial charge in [0.05, 0.1) is 17.2 Å². The highest BCUT2D eigenvalue weighted by molar-refractivity contribution is 5.46. The number of aryl methyl sites for hydroxylation is 2. The van der Waals surface area contributed by atoms with Gasteiger partial charge in [-0.2, -0.15) is 0 Å². The number of anilines is 1. The first kappa shape index (κ1) is 12.9. The Labute approximate surface area is 110 Å². The molecular weight excluding hydrogens is 244 g/mol. The Hall–Kier alpha value is -2.50. The third-order valence-corrected chi connectivity index (χ3v) is 2.68. The van der Waals surface area contributed by atoms with Crippen molar-refractivity contribution in [1.82, 2.24) is 9.97 Å². The molecule has 0 unspecified atom stereocenters. The van der Waals surface area contributed by atoms with E-state index in [1.807, 2.05) is 25.1 Å². The van der Waals surface area contributed by atoms with Crippen LogP contribution in [-0.2, 0) is 6.54 Å². The van der Waals surface area contributed by atoms with Gasteiger partial charge in [0.15, 0.2) is 0 Å². The zero-order chi connectivity index (χ0) is 13.8. The molecule has 0 saturated carbocycles. The topological polar surface area (TPSA) is 81.0 Å². The molecule has 0 radical (unpaired) electrons. The Morgan fingerprint density at radius 2 is 2.16 bits per heavy atom. The van der Waals surface area contributed by atoms with E-state index in [0.29, 0.717) is 17.9 Å². The molecule has 0 aromatic carbocycles. The minimum Gasteiger partial charge on any atom is -0.364 e. The monoisotopic (exact) mass is 258 g/mol. The van der Waals surface area contributed by atoms with Crippen LogP contribution in [0.25, 0.3) is 0 Å². The van der Waals surface area contributed by atoms with E-state index in [1.165, 1.54) is 6.20 Å². The van der Waals surface area contributed by atoms with Crippen LogP contribution in [0.5, 0.6) is 0 Å². The van der Waals surface area contributed by atoms with Crippen LogP contribution < -0.4 is 5.32 Å². The van der Waals surface area contributed by atoms with Gasteiger partial charge in [-0.3, -0.25) is 15.1 Å². The SMILES string of the molecule is Cc1cccc(CNc2cc(C)c([N+](=O)[O-])cn2)n1. The van der Waals surface area contributed by atoms with E-state index in [0.717, 1.165) is 11.4 Å². The molecule has 6 heteroatoms. The molecular formula is C13H14N4O2. The molecule has 6 nitrogen and oxygen atoms in total. The van der Waals surface area contributed by atoms with Crippen molar-refractivity contribution in [3.63, 3.8) is 0 Å². The standard InChI is InChI=1S/C13H14N4O2/c1-9-6-13(15-8-12(9)17(18)19)14-7-11-5-3-4-10(2)16-11/h3-6,8H,7H2,1-2H3,(H,14,15). The van der Waals surface area contributed by atoms with Gasteiger partial charge in [0, 0.05) is 11.3 Å². The van der Waals surface area contributed by atoms with Crippen LogP contribution >= 0.6 is 0 Å². The number of nitrogens with zero attached hydrogens (tertiary/aromatic N) is 3. The van der Waals surface area contributed by atoms with Crippen molar-refractivity contribution >= 4 is 11.5 Å². The van der Waals surface area contributed by atoms with Gasteiger partial charge >= 0.3 is 0 Å². The number of hydrogen-bond donors (Lipinski definition) is 1. The molecule has 0 aliphatic rings. The fourth-order valence-corrected chi connectivity index (χ4v) is 1.72. The average molecular weight is 258 g/mol. The summed E-state index contributed by atoms with van der Waals surface area (Å²) in [4.78, 5) is 18.6. The number of nitrogens with one attached hydrogen (secondary N) is 1. The molecule has 2 aromatic rings. The lowest BCUT2D eigenvalue weighted by molar-refractivity contribution is -0.385. The third-order valence-electron chi connectivity index (χ3n) is 2.68. The lowest BCUT2D eigenvalue weighted by Gasteiger charge is -2.06. The quantitative estimate of drug-likeness (QED) is 0.673. The molecule has 19 heavy (non-hydrogen) atoms. The molecule has 0 amide bonds. The second kappa shape index (κ2) is 5.43. The van der Waals surface area contributed by atoms with E-state index in [1.54, 1.807) is 13.0 Å². The van der Waals surface area contributed by atoms with Crippen LogP contribution in [-0.4, -0.2) is 14.9 Å². The lowest BCUT2D eigenvalue weighted by atomic mass is 10.2. The highest BCUT2D eigenvalue weighted by Gasteiger charge is 2.11. The molecule has 2 aromatic heterocycles. The number of pyridine rings is 2. The van der Waals surface area contributed by atoms with E-state index in [9.17, 15) is 10.1 Å². The van der Waals surface area contributed by atoms with Gasteiger partial charge < -0.3 is 5.32 Å². The van der Waals surface area contributed by atoms with E-state index in [2.05, 4.69) is 15.3 Å². The molecule has 1 N–H and O–H groups in total. The molecule has 2 rings (SSSR count). The molecule has 0 saturated heterocycles. The van der Waals surface area contributed by atoms with Crippen LogP contribution in [0, 0.1) is 24.0 Å². The maximum absolute atomic E-state index is 10.7. The van der Waals surface area contributed by atoms with E-state index in [-0.39, 0.29) is 5.69 Å². The number of nitro groups is 1. The summed E-state index contributed by atoms with van der Waals surface area (Å²) in [5.41, 5.74) is 2.46. The van der Waals surface area contributed by atoms with Crippen molar-refractivity contribution in [3.05, 3.63) is 57.5 Å². The molecule has 0 bridgehead atoms. The van der Waals surface area contributed by atoms with Crippen molar-refractivity contribution in [2.75, 3.05) is 5.32 Å². The maximum Gasteiger partial charge on any atom is 0.290 e. The average Bonchev–Trinajstić information content (AvgIpc) is 2.36. The first-order chi connectivity index (χ1) is 9.06. The molecule has 0 atom stereocenters. The summed E-state index contributed by atoms with van der Waals surface area (Å²) in [5, 5.41) is 13.8. The summed E-state index contributed by atoms with van der Waals surface area (Å²) >= 11 is 0. The molecule has 98 valence electrons. The molecule has 0 spiro atoms. The molecule has 0 aliphatic heterocycles. The van der Waals surface area contributed by atoms with Gasteiger partial charge in [-0.25, -0.2) is 4.98 Å². The van der Waals surface area contributed by atoms with Crippen molar-refractivity contribution in [2.24, 2.45) is 0 Å². The van der Waals surface area contributed by atoms with Crippen LogP contribution in [0.2, 0.25) is 0 Å². The lowest BCUT2D eigenvalue weighted by Crippen LogP contribution is -2.04. The first-order valence-corrected chi connectivity index (χ1v) is 5.83. The third kappa shape index (κ3) is 3.25. The van der Waals surface area contributed by atoms with Crippen molar-refractivity contribution < 1.29 is 4.92 Å². The Kier molecular flexibility index (Phi) is 3.70. The fraction of sp³-hybridized carbons (Fsp3) is 0.231. The van der Waals surface area contributed by atoms with Crippen LogP contribution in [0.3, 0.4) is 0 Å². The summed E-state index contributed by atoms with van der Waals surface area (Å²) in [5.74, 6) is 0.603. The Balaban J connectivity index is 2.08. The summed E-state index contributed by atoms with van der Waals surface area (Å²) in [6, 6.07) is 7.44. The highest BCUT2D eigenvalue weighted by Crippen LogP contribution is 2.19. The predicted octanol–water partition coefficient (Wildman–Crippen LogP) is 2.61. The summed E-state index contributed by atoms with van der Waals surface area (Å²) in [6.07, 6.45) is 1.27. The minimum absolute atomic E-state index is 0.0271. The van der Waals surface area contributed by atoms with Gasteiger partial charge in [0.2, 0.25) is 0 Å². The molecule has 0 fully saturated rings. The second-order valence-corrected chi connectivity index (χ2v) is 4.24. The van der Waals surface area contributed by atoms with Gasteiger partial charge in [-0.05, 0) is 32.0 Å². The van der Waals surface area contributed by atoms with Gasteiger partial charge in [-0.15, -0.1) is 0 Å². The zero-order valence-electron chi connectivity index (χ0n) is 10.8. The Morgan fingerprint density at radius 1 is 1.37 bits per heavy atom. The summed E-state index contributed by atoms with van der Waals surface area (Å²) in [6.45, 7) is 4.15. The van der Waals surface area contributed by atoms with Crippen LogP contribution in [0.1, 0.15) is 17.0 Å². The summed E-state index contributed by atoms with van der Waals surface area (Å²) in [7, 11) is 0. The Morgan fingerprint density at radius 3 is 2.79 bits per heavy atom. The van der Waals surface area contributed by atoms with Crippen LogP contribution in [0.4, 0.5) is 11.5 Å². The van der Waals surface area contributed by atoms with Crippen LogP contribution in [0.15, 0.2) is 30.5 Å². The molecule has 0 aliphatic carbocycles. The van der Waals surface area contributed by atoms with Gasteiger partial charge in [-0.1, -0.05) is 6.07 Å². The van der Waals surface area contributed by atoms with Gasteiger partial charge in [0.1, 0.15) is 12.0 Å². The van der Waals surface area contributed by atoms with Crippen molar-refractivity contribution in [1.29, 1.82) is 0 Å². The Bertz CT molecular complexity index is 613. The molecule has 2 heterocycles. The smallest absolute Gasteiger partial charge is 0.290 e. The largest absolute Gasteiger partial charge is 0.364 e. The van der Waals surface area contributed by atoms with Crippen molar-refractivity contribution in [2.45, 2.75) is 20.4 Å². The highest BCUT2D eigenvalue weighted by atomic mass is 16.6. The van der Waals surface area contributed by atoms with E-state index < -0.39 is 4.92 Å². The van der Waals surface area contributed by atoms with Crippen molar-refractivity contribution in [3.8, 4) is 0 Å². The van der Waals surface area contributed by atoms with Gasteiger partial charge in [0.25, 0.3) is 5.69 Å².